The largest absolute Gasteiger partial charge is 0.488 e. The van der Waals surface area contributed by atoms with E-state index in [4.69, 9.17) is 4.74 Å². The highest BCUT2D eigenvalue weighted by Crippen LogP contribution is 2.24. The van der Waals surface area contributed by atoms with Crippen molar-refractivity contribution >= 4 is 11.6 Å². The molecule has 0 aliphatic carbocycles. The Hall–Kier alpha value is -2.87. The summed E-state index contributed by atoms with van der Waals surface area (Å²) >= 11 is 0. The van der Waals surface area contributed by atoms with Crippen molar-refractivity contribution in [3.63, 3.8) is 0 Å². The fourth-order valence-electron chi connectivity index (χ4n) is 5.15. The number of hydrogen-bond donors (Lipinski definition) is 0. The first-order valence-electron chi connectivity index (χ1n) is 14.6. The van der Waals surface area contributed by atoms with Gasteiger partial charge in [-0.15, -0.1) is 0 Å². The average Bonchev–Trinajstić information content (AvgIpc) is 2.87. The molecule has 0 amide bonds. The summed E-state index contributed by atoms with van der Waals surface area (Å²) in [6, 6.07) is 8.94. The van der Waals surface area contributed by atoms with Crippen LogP contribution in [0.5, 0.6) is 5.75 Å². The molecule has 8 nitrogen and oxygen atoms in total. The number of ketones is 1. The van der Waals surface area contributed by atoms with Crippen LogP contribution in [0.1, 0.15) is 103 Å². The molecule has 1 aromatic carbocycles. The SMILES string of the molecule is CCCCCC(=O)c1ccc(OC(C)(C)CCN2CCN(c3cc(=O)n(C(C)C)c(=O)n3C(C)C)CC2)cc1. The van der Waals surface area contributed by atoms with Gasteiger partial charge in [-0.05, 0) is 78.6 Å². The van der Waals surface area contributed by atoms with Gasteiger partial charge in [0, 0.05) is 62.9 Å². The van der Waals surface area contributed by atoms with Gasteiger partial charge in [-0.2, -0.15) is 0 Å². The minimum atomic E-state index is -0.358. The van der Waals surface area contributed by atoms with Gasteiger partial charge in [0.2, 0.25) is 0 Å². The van der Waals surface area contributed by atoms with Crippen LogP contribution in [-0.2, 0) is 0 Å². The summed E-state index contributed by atoms with van der Waals surface area (Å²) in [6.07, 6.45) is 4.59. The van der Waals surface area contributed by atoms with Gasteiger partial charge in [0.1, 0.15) is 17.2 Å². The maximum Gasteiger partial charge on any atom is 0.333 e. The molecule has 0 unspecified atom stereocenters. The Labute approximate surface area is 233 Å². The lowest BCUT2D eigenvalue weighted by molar-refractivity contribution is 0.0820. The molecule has 39 heavy (non-hydrogen) atoms. The number of anilines is 1. The van der Waals surface area contributed by atoms with Crippen molar-refractivity contribution in [3.05, 3.63) is 56.7 Å². The summed E-state index contributed by atoms with van der Waals surface area (Å²) in [5.41, 5.74) is -0.0862. The zero-order chi connectivity index (χ0) is 28.7. The van der Waals surface area contributed by atoms with Crippen LogP contribution >= 0.6 is 0 Å². The van der Waals surface area contributed by atoms with Crippen LogP contribution in [0.2, 0.25) is 0 Å². The number of ether oxygens (including phenoxy) is 1. The predicted molar refractivity (Wildman–Crippen MR) is 159 cm³/mol. The molecule has 1 aliphatic rings. The molecule has 0 radical (unpaired) electrons. The number of Topliss-reactive ketones (excluding diaryl/α,β-unsaturated/α-hetero) is 1. The predicted octanol–water partition coefficient (Wildman–Crippen LogP) is 5.30. The van der Waals surface area contributed by atoms with Crippen molar-refractivity contribution in [1.82, 2.24) is 14.0 Å². The van der Waals surface area contributed by atoms with E-state index in [1.54, 1.807) is 10.6 Å². The minimum Gasteiger partial charge on any atom is -0.488 e. The number of carbonyl (C=O) groups excluding carboxylic acids is 1. The van der Waals surface area contributed by atoms with Crippen LogP contribution in [0.25, 0.3) is 0 Å². The normalized spacial score (nSPS) is 14.8. The summed E-state index contributed by atoms with van der Waals surface area (Å²) in [4.78, 5) is 42.8. The van der Waals surface area contributed by atoms with Crippen molar-refractivity contribution in [2.45, 2.75) is 98.3 Å². The van der Waals surface area contributed by atoms with Crippen molar-refractivity contribution in [1.29, 1.82) is 0 Å². The number of unbranched alkanes of at least 4 members (excludes halogenated alkanes) is 2. The monoisotopic (exact) mass is 540 g/mol. The van der Waals surface area contributed by atoms with Crippen LogP contribution in [0.4, 0.5) is 5.82 Å². The van der Waals surface area contributed by atoms with E-state index in [0.29, 0.717) is 12.2 Å². The summed E-state index contributed by atoms with van der Waals surface area (Å²) < 4.78 is 9.37. The average molecular weight is 541 g/mol. The lowest BCUT2D eigenvalue weighted by Crippen LogP contribution is -2.51. The summed E-state index contributed by atoms with van der Waals surface area (Å²) in [5.74, 6) is 1.69. The molecule has 0 saturated carbocycles. The lowest BCUT2D eigenvalue weighted by atomic mass is 10.0. The van der Waals surface area contributed by atoms with Crippen LogP contribution in [0, 0.1) is 0 Å². The first-order chi connectivity index (χ1) is 18.4. The Bertz CT molecular complexity index is 1200. The number of hydrogen-bond acceptors (Lipinski definition) is 6. The molecule has 1 saturated heterocycles. The Morgan fingerprint density at radius 1 is 0.923 bits per heavy atom. The van der Waals surface area contributed by atoms with Gasteiger partial charge in [-0.25, -0.2) is 4.79 Å². The molecule has 1 aliphatic heterocycles. The van der Waals surface area contributed by atoms with Gasteiger partial charge < -0.3 is 9.64 Å². The highest BCUT2D eigenvalue weighted by Gasteiger charge is 2.26. The zero-order valence-electron chi connectivity index (χ0n) is 25.0. The standard InChI is InChI=1S/C31H48N4O4/c1-8-9-10-11-27(36)25-12-14-26(15-13-25)39-31(6,7)16-17-32-18-20-33(21-19-32)28-22-29(37)35(24(4)5)30(38)34(28)23(2)3/h12-15,22-24H,8-11,16-21H2,1-7H3. The van der Waals surface area contributed by atoms with Crippen LogP contribution < -0.4 is 20.9 Å². The number of carbonyl (C=O) groups is 1. The number of nitrogens with zero attached hydrogens (tertiary/aromatic N) is 4. The second-order valence-electron chi connectivity index (χ2n) is 11.9. The topological polar surface area (TPSA) is 76.8 Å². The molecule has 2 aromatic rings. The third kappa shape index (κ3) is 8.07. The Morgan fingerprint density at radius 3 is 2.10 bits per heavy atom. The maximum atomic E-state index is 13.1. The molecule has 2 heterocycles. The fraction of sp³-hybridized carbons (Fsp3) is 0.645. The van der Waals surface area contributed by atoms with Gasteiger partial charge in [0.25, 0.3) is 5.56 Å². The smallest absolute Gasteiger partial charge is 0.333 e. The molecule has 8 heteroatoms. The lowest BCUT2D eigenvalue weighted by Gasteiger charge is -2.38. The molecule has 3 rings (SSSR count). The zero-order valence-corrected chi connectivity index (χ0v) is 25.0. The maximum absolute atomic E-state index is 13.1. The van der Waals surface area contributed by atoms with Gasteiger partial charge in [0.15, 0.2) is 5.78 Å². The van der Waals surface area contributed by atoms with Gasteiger partial charge in [-0.1, -0.05) is 19.8 Å². The first kappa shape index (κ1) is 30.7. The Kier molecular flexibility index (Phi) is 10.6. The van der Waals surface area contributed by atoms with Crippen molar-refractivity contribution in [2.24, 2.45) is 0 Å². The first-order valence-corrected chi connectivity index (χ1v) is 14.6. The van der Waals surface area contributed by atoms with Crippen molar-refractivity contribution in [3.8, 4) is 5.75 Å². The van der Waals surface area contributed by atoms with Crippen LogP contribution in [0.3, 0.4) is 0 Å². The molecule has 216 valence electrons. The van der Waals surface area contributed by atoms with Gasteiger partial charge in [-0.3, -0.25) is 23.6 Å². The van der Waals surface area contributed by atoms with E-state index >= 15 is 0 Å². The van der Waals surface area contributed by atoms with Gasteiger partial charge >= 0.3 is 5.69 Å². The third-order valence-electron chi connectivity index (χ3n) is 7.49. The minimum absolute atomic E-state index is 0.0395. The summed E-state index contributed by atoms with van der Waals surface area (Å²) in [5, 5.41) is 0. The molecule has 1 aromatic heterocycles. The van der Waals surface area contributed by atoms with E-state index in [1.807, 2.05) is 52.0 Å². The molecule has 0 spiro atoms. The molecule has 0 N–H and O–H groups in total. The molecular weight excluding hydrogens is 492 g/mol. The Morgan fingerprint density at radius 2 is 1.54 bits per heavy atom. The molecule has 0 bridgehead atoms. The molecular formula is C31H48N4O4. The van der Waals surface area contributed by atoms with E-state index in [-0.39, 0.29) is 34.7 Å². The molecule has 1 fully saturated rings. The number of rotatable bonds is 13. The summed E-state index contributed by atoms with van der Waals surface area (Å²) in [6.45, 7) is 18.1. The van der Waals surface area contributed by atoms with E-state index in [0.717, 1.165) is 69.7 Å². The van der Waals surface area contributed by atoms with E-state index in [9.17, 15) is 14.4 Å². The number of piperazine rings is 1. The van der Waals surface area contributed by atoms with E-state index in [2.05, 4.69) is 30.6 Å². The van der Waals surface area contributed by atoms with Crippen molar-refractivity contribution in [2.75, 3.05) is 37.6 Å². The highest BCUT2D eigenvalue weighted by atomic mass is 16.5. The van der Waals surface area contributed by atoms with E-state index < -0.39 is 0 Å². The van der Waals surface area contributed by atoms with Crippen LogP contribution in [0.15, 0.2) is 39.9 Å². The van der Waals surface area contributed by atoms with E-state index in [1.165, 1.54) is 4.57 Å². The fourth-order valence-corrected chi connectivity index (χ4v) is 5.15. The molecule has 0 atom stereocenters. The summed E-state index contributed by atoms with van der Waals surface area (Å²) in [7, 11) is 0. The quantitative estimate of drug-likeness (QED) is 0.253. The third-order valence-corrected chi connectivity index (χ3v) is 7.49. The number of benzene rings is 1. The second-order valence-corrected chi connectivity index (χ2v) is 11.9. The number of aromatic nitrogens is 2. The van der Waals surface area contributed by atoms with Gasteiger partial charge in [0.05, 0.1) is 0 Å². The highest BCUT2D eigenvalue weighted by molar-refractivity contribution is 5.96. The van der Waals surface area contributed by atoms with Crippen molar-refractivity contribution < 1.29 is 9.53 Å². The Balaban J connectivity index is 1.55. The second kappa shape index (κ2) is 13.5. The van der Waals surface area contributed by atoms with Crippen LogP contribution in [-0.4, -0.2) is 58.1 Å².